The molecule has 1 aliphatic rings. The number of non-ortho nitro benzene ring substituents is 1. The van der Waals surface area contributed by atoms with Gasteiger partial charge in [0, 0.05) is 18.2 Å². The highest BCUT2D eigenvalue weighted by Crippen LogP contribution is 2.27. The summed E-state index contributed by atoms with van der Waals surface area (Å²) < 4.78 is 0. The number of carbonyl (C=O) groups is 1. The van der Waals surface area contributed by atoms with Crippen LogP contribution in [0.2, 0.25) is 0 Å². The molecule has 1 heterocycles. The fourth-order valence-electron chi connectivity index (χ4n) is 2.29. The summed E-state index contributed by atoms with van der Waals surface area (Å²) in [6.07, 6.45) is 5.37. The molecule has 2 rings (SSSR count). The highest BCUT2D eigenvalue weighted by Gasteiger charge is 2.18. The van der Waals surface area contributed by atoms with E-state index in [0.717, 1.165) is 25.5 Å². The van der Waals surface area contributed by atoms with Gasteiger partial charge in [-0.15, -0.1) is 0 Å². The summed E-state index contributed by atoms with van der Waals surface area (Å²) in [6, 6.07) is 3.79. The molecule has 7 heteroatoms. The average molecular weight is 291 g/mol. The third-order valence-corrected chi connectivity index (χ3v) is 3.50. The number of nitrogens with zero attached hydrogens (tertiary/aromatic N) is 2. The van der Waals surface area contributed by atoms with Crippen LogP contribution in [0.15, 0.2) is 30.4 Å². The molecule has 0 aliphatic carbocycles. The lowest BCUT2D eigenvalue weighted by molar-refractivity contribution is -0.384. The van der Waals surface area contributed by atoms with Crippen LogP contribution in [0.25, 0.3) is 0 Å². The minimum atomic E-state index is -0.610. The van der Waals surface area contributed by atoms with Gasteiger partial charge >= 0.3 is 0 Å². The molecule has 1 aromatic rings. The molecule has 1 amide bonds. The number of phenolic OH excluding ortho intramolecular Hbond substituents is 1. The molecule has 0 spiro atoms. The number of anilines is 1. The van der Waals surface area contributed by atoms with Gasteiger partial charge in [0.1, 0.15) is 5.75 Å². The lowest BCUT2D eigenvalue weighted by Gasteiger charge is -2.14. The Morgan fingerprint density at radius 3 is 2.90 bits per heavy atom. The van der Waals surface area contributed by atoms with Crippen molar-refractivity contribution in [2.75, 3.05) is 18.9 Å². The zero-order chi connectivity index (χ0) is 15.4. The molecule has 0 bridgehead atoms. The van der Waals surface area contributed by atoms with Crippen LogP contribution in [-0.2, 0) is 4.79 Å². The minimum absolute atomic E-state index is 0.148. The topological polar surface area (TPSA) is 95.7 Å². The molecular weight excluding hydrogens is 274 g/mol. The van der Waals surface area contributed by atoms with Gasteiger partial charge in [-0.2, -0.15) is 0 Å². The number of nitro benzene ring substituents is 1. The van der Waals surface area contributed by atoms with Gasteiger partial charge in [-0.3, -0.25) is 19.8 Å². The number of nitrogens with one attached hydrogen (secondary N) is 1. The van der Waals surface area contributed by atoms with E-state index in [0.29, 0.717) is 0 Å². The van der Waals surface area contributed by atoms with E-state index in [1.807, 2.05) is 13.1 Å². The standard InChI is InChI=1S/C14H17N3O4/c1-16-8-2-3-10(16)5-7-14(19)15-12-6-4-11(17(20)21)9-13(12)18/h4-7,9-10,18H,2-3,8H2,1H3,(H,15,19)/b7-5+. The van der Waals surface area contributed by atoms with Gasteiger partial charge in [-0.05, 0) is 32.5 Å². The number of likely N-dealkylation sites (N-methyl/N-ethyl adjacent to an activating group) is 1. The number of phenols is 1. The van der Waals surface area contributed by atoms with E-state index in [1.165, 1.54) is 18.2 Å². The number of hydrogen-bond acceptors (Lipinski definition) is 5. The Bertz CT molecular complexity index is 586. The van der Waals surface area contributed by atoms with Crippen molar-refractivity contribution >= 4 is 17.3 Å². The number of likely N-dealkylation sites (tertiary alicyclic amines) is 1. The second kappa shape index (κ2) is 6.36. The highest BCUT2D eigenvalue weighted by atomic mass is 16.6. The van der Waals surface area contributed by atoms with Crippen molar-refractivity contribution < 1.29 is 14.8 Å². The number of rotatable bonds is 4. The third kappa shape index (κ3) is 3.79. The van der Waals surface area contributed by atoms with Crippen molar-refractivity contribution in [2.24, 2.45) is 0 Å². The largest absolute Gasteiger partial charge is 0.506 e. The molecule has 1 saturated heterocycles. The lowest BCUT2D eigenvalue weighted by atomic mass is 10.2. The second-order valence-corrected chi connectivity index (χ2v) is 5.00. The first kappa shape index (κ1) is 15.0. The molecule has 2 N–H and O–H groups in total. The third-order valence-electron chi connectivity index (χ3n) is 3.50. The molecule has 1 atom stereocenters. The maximum atomic E-state index is 11.8. The van der Waals surface area contributed by atoms with Crippen LogP contribution >= 0.6 is 0 Å². The Morgan fingerprint density at radius 2 is 2.33 bits per heavy atom. The van der Waals surface area contributed by atoms with Crippen molar-refractivity contribution in [3.05, 3.63) is 40.5 Å². The van der Waals surface area contributed by atoms with Gasteiger partial charge < -0.3 is 10.4 Å². The van der Waals surface area contributed by atoms with Crippen LogP contribution < -0.4 is 5.32 Å². The fraction of sp³-hybridized carbons (Fsp3) is 0.357. The molecule has 1 aromatic carbocycles. The zero-order valence-electron chi connectivity index (χ0n) is 11.7. The maximum Gasteiger partial charge on any atom is 0.273 e. The van der Waals surface area contributed by atoms with Crippen LogP contribution in [0.5, 0.6) is 5.75 Å². The highest BCUT2D eigenvalue weighted by molar-refractivity contribution is 6.00. The van der Waals surface area contributed by atoms with Gasteiger partial charge in [0.2, 0.25) is 5.91 Å². The number of amides is 1. The smallest absolute Gasteiger partial charge is 0.273 e. The average Bonchev–Trinajstić information content (AvgIpc) is 2.84. The minimum Gasteiger partial charge on any atom is -0.506 e. The first-order chi connectivity index (χ1) is 9.97. The fourth-order valence-corrected chi connectivity index (χ4v) is 2.29. The monoisotopic (exact) mass is 291 g/mol. The van der Waals surface area contributed by atoms with E-state index in [9.17, 15) is 20.0 Å². The summed E-state index contributed by atoms with van der Waals surface area (Å²) in [5.74, 6) is -0.705. The summed E-state index contributed by atoms with van der Waals surface area (Å²) in [6.45, 7) is 1.01. The van der Waals surface area contributed by atoms with Crippen molar-refractivity contribution in [2.45, 2.75) is 18.9 Å². The second-order valence-electron chi connectivity index (χ2n) is 5.00. The Balaban J connectivity index is 1.99. The quantitative estimate of drug-likeness (QED) is 0.382. The molecule has 1 unspecified atom stereocenters. The first-order valence-corrected chi connectivity index (χ1v) is 6.64. The predicted molar refractivity (Wildman–Crippen MR) is 78.2 cm³/mol. The van der Waals surface area contributed by atoms with Gasteiger partial charge in [0.05, 0.1) is 16.7 Å². The van der Waals surface area contributed by atoms with Crippen LogP contribution in [0.1, 0.15) is 12.8 Å². The van der Waals surface area contributed by atoms with Gasteiger partial charge in [-0.1, -0.05) is 6.08 Å². The zero-order valence-corrected chi connectivity index (χ0v) is 11.7. The van der Waals surface area contributed by atoms with Crippen LogP contribution in [-0.4, -0.2) is 40.5 Å². The van der Waals surface area contributed by atoms with Crippen LogP contribution in [0.4, 0.5) is 11.4 Å². The molecule has 1 fully saturated rings. The van der Waals surface area contributed by atoms with Crippen LogP contribution in [0.3, 0.4) is 0 Å². The Morgan fingerprint density at radius 1 is 1.57 bits per heavy atom. The van der Waals surface area contributed by atoms with E-state index < -0.39 is 4.92 Å². The van der Waals surface area contributed by atoms with Gasteiger partial charge in [0.25, 0.3) is 5.69 Å². The molecule has 21 heavy (non-hydrogen) atoms. The summed E-state index contributed by atoms with van der Waals surface area (Å²) in [4.78, 5) is 23.9. The normalized spacial score (nSPS) is 19.0. The van der Waals surface area contributed by atoms with Gasteiger partial charge in [-0.25, -0.2) is 0 Å². The molecule has 7 nitrogen and oxygen atoms in total. The number of carbonyl (C=O) groups excluding carboxylic acids is 1. The van der Waals surface area contributed by atoms with E-state index in [-0.39, 0.29) is 29.1 Å². The maximum absolute atomic E-state index is 11.8. The van der Waals surface area contributed by atoms with E-state index >= 15 is 0 Å². The summed E-state index contributed by atoms with van der Waals surface area (Å²) in [5.41, 5.74) is -0.0800. The van der Waals surface area contributed by atoms with E-state index in [1.54, 1.807) is 0 Å². The Kier molecular flexibility index (Phi) is 4.54. The molecule has 1 aliphatic heterocycles. The Hall–Kier alpha value is -2.41. The molecular formula is C14H17N3O4. The van der Waals surface area contributed by atoms with Crippen molar-refractivity contribution in [1.29, 1.82) is 0 Å². The number of nitro groups is 1. The summed E-state index contributed by atoms with van der Waals surface area (Å²) >= 11 is 0. The molecule has 0 aromatic heterocycles. The molecule has 0 radical (unpaired) electrons. The van der Waals surface area contributed by atoms with Crippen molar-refractivity contribution in [3.8, 4) is 5.75 Å². The van der Waals surface area contributed by atoms with E-state index in [2.05, 4.69) is 10.2 Å². The lowest BCUT2D eigenvalue weighted by Crippen LogP contribution is -2.23. The summed E-state index contributed by atoms with van der Waals surface area (Å²) in [5, 5.41) is 22.7. The number of aromatic hydroxyl groups is 1. The predicted octanol–water partition coefficient (Wildman–Crippen LogP) is 1.89. The first-order valence-electron chi connectivity index (χ1n) is 6.64. The van der Waals surface area contributed by atoms with Crippen molar-refractivity contribution in [1.82, 2.24) is 4.90 Å². The molecule has 0 saturated carbocycles. The summed E-state index contributed by atoms with van der Waals surface area (Å²) in [7, 11) is 2.00. The number of benzene rings is 1. The SMILES string of the molecule is CN1CCCC1/C=C/C(=O)Nc1ccc([N+](=O)[O-])cc1O. The number of hydrogen-bond donors (Lipinski definition) is 2. The molecule has 112 valence electrons. The van der Waals surface area contributed by atoms with Crippen molar-refractivity contribution in [3.63, 3.8) is 0 Å². The van der Waals surface area contributed by atoms with Gasteiger partial charge in [0.15, 0.2) is 0 Å². The van der Waals surface area contributed by atoms with E-state index in [4.69, 9.17) is 0 Å². The van der Waals surface area contributed by atoms with Crippen LogP contribution in [0, 0.1) is 10.1 Å². The Labute approximate surface area is 122 Å².